The van der Waals surface area contributed by atoms with Crippen molar-refractivity contribution < 1.29 is 0 Å². The van der Waals surface area contributed by atoms with E-state index in [-0.39, 0.29) is 0 Å². The van der Waals surface area contributed by atoms with Gasteiger partial charge in [0.05, 0.1) is 18.8 Å². The summed E-state index contributed by atoms with van der Waals surface area (Å²) in [5.41, 5.74) is 2.22. The van der Waals surface area contributed by atoms with Crippen LogP contribution in [0, 0.1) is 0 Å². The normalized spacial score (nSPS) is 16.0. The third-order valence-electron chi connectivity index (χ3n) is 3.78. The van der Waals surface area contributed by atoms with Gasteiger partial charge in [0.15, 0.2) is 0 Å². The maximum absolute atomic E-state index is 4.75. The van der Waals surface area contributed by atoms with Crippen LogP contribution in [0.3, 0.4) is 0 Å². The van der Waals surface area contributed by atoms with Crippen LogP contribution >= 0.6 is 15.9 Å². The number of piperazine rings is 1. The molecule has 4 nitrogen and oxygen atoms in total. The molecule has 22 heavy (non-hydrogen) atoms. The van der Waals surface area contributed by atoms with Crippen LogP contribution < -0.4 is 4.90 Å². The smallest absolute Gasteiger partial charge is 0.128 e. The van der Waals surface area contributed by atoms with Gasteiger partial charge in [-0.1, -0.05) is 34.1 Å². The second kappa shape index (κ2) is 6.92. The van der Waals surface area contributed by atoms with Gasteiger partial charge in [-0.2, -0.15) is 5.10 Å². The lowest BCUT2D eigenvalue weighted by atomic mass is 10.1. The first kappa shape index (κ1) is 15.0. The van der Waals surface area contributed by atoms with E-state index in [4.69, 9.17) is 5.10 Å². The molecule has 0 amide bonds. The van der Waals surface area contributed by atoms with Crippen molar-refractivity contribution in [2.24, 2.45) is 5.10 Å². The molecule has 3 rings (SSSR count). The Balaban J connectivity index is 1.61. The van der Waals surface area contributed by atoms with E-state index in [1.54, 1.807) is 0 Å². The summed E-state index contributed by atoms with van der Waals surface area (Å²) in [6, 6.07) is 14.3. The maximum Gasteiger partial charge on any atom is 0.128 e. The molecule has 0 radical (unpaired) electrons. The van der Waals surface area contributed by atoms with E-state index < -0.39 is 0 Å². The number of hydrogen-bond donors (Lipinski definition) is 0. The predicted octanol–water partition coefficient (Wildman–Crippen LogP) is 3.39. The maximum atomic E-state index is 4.75. The van der Waals surface area contributed by atoms with Crippen molar-refractivity contribution in [1.29, 1.82) is 0 Å². The molecule has 0 unspecified atom stereocenters. The van der Waals surface area contributed by atoms with E-state index >= 15 is 0 Å². The van der Waals surface area contributed by atoms with Crippen molar-refractivity contribution in [2.45, 2.75) is 6.92 Å². The molecule has 0 N–H and O–H groups in total. The van der Waals surface area contributed by atoms with Crippen LogP contribution in [0.15, 0.2) is 58.2 Å². The Morgan fingerprint density at radius 3 is 2.41 bits per heavy atom. The van der Waals surface area contributed by atoms with Gasteiger partial charge in [-0.3, -0.25) is 5.01 Å². The highest BCUT2D eigenvalue weighted by atomic mass is 79.9. The Labute approximate surface area is 139 Å². The van der Waals surface area contributed by atoms with E-state index in [9.17, 15) is 0 Å². The highest BCUT2D eigenvalue weighted by Gasteiger charge is 2.16. The molecular formula is C17H19BrN4. The minimum absolute atomic E-state index is 0.921. The van der Waals surface area contributed by atoms with Gasteiger partial charge in [0.1, 0.15) is 5.82 Å². The molecule has 114 valence electrons. The van der Waals surface area contributed by atoms with Gasteiger partial charge < -0.3 is 4.90 Å². The minimum Gasteiger partial charge on any atom is -0.353 e. The average molecular weight is 359 g/mol. The van der Waals surface area contributed by atoms with Crippen LogP contribution in [0.2, 0.25) is 0 Å². The molecule has 0 saturated carbocycles. The number of hydrazone groups is 1. The number of anilines is 1. The summed E-state index contributed by atoms with van der Waals surface area (Å²) in [6.07, 6.45) is 1.84. The van der Waals surface area contributed by atoms with Crippen molar-refractivity contribution in [3.8, 4) is 0 Å². The van der Waals surface area contributed by atoms with Crippen LogP contribution in [0.1, 0.15) is 12.5 Å². The van der Waals surface area contributed by atoms with E-state index in [1.807, 2.05) is 30.5 Å². The quantitative estimate of drug-likeness (QED) is 0.788. The Kier molecular flexibility index (Phi) is 4.73. The lowest BCUT2D eigenvalue weighted by molar-refractivity contribution is 0.270. The molecular weight excluding hydrogens is 340 g/mol. The van der Waals surface area contributed by atoms with Gasteiger partial charge in [-0.15, -0.1) is 0 Å². The molecule has 1 aromatic carbocycles. The van der Waals surface area contributed by atoms with Crippen molar-refractivity contribution in [3.63, 3.8) is 0 Å². The fourth-order valence-corrected chi connectivity index (χ4v) is 2.79. The summed E-state index contributed by atoms with van der Waals surface area (Å²) in [6.45, 7) is 5.81. The number of pyridine rings is 1. The van der Waals surface area contributed by atoms with E-state index in [2.05, 4.69) is 55.9 Å². The van der Waals surface area contributed by atoms with Crippen molar-refractivity contribution >= 4 is 27.5 Å². The van der Waals surface area contributed by atoms with Crippen molar-refractivity contribution in [2.75, 3.05) is 31.1 Å². The van der Waals surface area contributed by atoms with Crippen molar-refractivity contribution in [3.05, 3.63) is 58.7 Å². The van der Waals surface area contributed by atoms with Gasteiger partial charge in [-0.05, 0) is 36.8 Å². The largest absolute Gasteiger partial charge is 0.353 e. The lowest BCUT2D eigenvalue weighted by Gasteiger charge is -2.34. The second-order valence-corrected chi connectivity index (χ2v) is 6.24. The number of nitrogens with zero attached hydrogens (tertiary/aromatic N) is 4. The monoisotopic (exact) mass is 358 g/mol. The topological polar surface area (TPSA) is 31.7 Å². The van der Waals surface area contributed by atoms with Crippen LogP contribution in [0.5, 0.6) is 0 Å². The number of aromatic nitrogens is 1. The van der Waals surface area contributed by atoms with Gasteiger partial charge in [0.2, 0.25) is 0 Å². The highest BCUT2D eigenvalue weighted by molar-refractivity contribution is 9.10. The van der Waals surface area contributed by atoms with E-state index in [1.165, 1.54) is 0 Å². The number of halogens is 1. The Hall–Kier alpha value is -1.88. The van der Waals surface area contributed by atoms with E-state index in [0.29, 0.717) is 0 Å². The van der Waals surface area contributed by atoms with Crippen LogP contribution in [-0.2, 0) is 0 Å². The van der Waals surface area contributed by atoms with Gasteiger partial charge in [0.25, 0.3) is 0 Å². The summed E-state index contributed by atoms with van der Waals surface area (Å²) in [7, 11) is 0. The Morgan fingerprint density at radius 2 is 1.77 bits per heavy atom. The lowest BCUT2D eigenvalue weighted by Crippen LogP contribution is -2.44. The van der Waals surface area contributed by atoms with E-state index in [0.717, 1.165) is 47.7 Å². The molecule has 0 bridgehead atoms. The molecule has 1 aliphatic rings. The molecule has 1 aliphatic heterocycles. The molecule has 0 atom stereocenters. The molecule has 0 aliphatic carbocycles. The van der Waals surface area contributed by atoms with Crippen LogP contribution in [0.25, 0.3) is 0 Å². The summed E-state index contributed by atoms with van der Waals surface area (Å²) in [5, 5.41) is 6.90. The minimum atomic E-state index is 0.921. The fraction of sp³-hybridized carbons (Fsp3) is 0.294. The Bertz CT molecular complexity index is 631. The molecule has 0 spiro atoms. The molecule has 2 aromatic rings. The summed E-state index contributed by atoms with van der Waals surface area (Å²) in [4.78, 5) is 6.72. The third-order valence-corrected chi connectivity index (χ3v) is 4.31. The first-order valence-electron chi connectivity index (χ1n) is 7.44. The molecule has 1 saturated heterocycles. The van der Waals surface area contributed by atoms with Gasteiger partial charge in [-0.25, -0.2) is 4.98 Å². The Morgan fingerprint density at radius 1 is 1.05 bits per heavy atom. The fourth-order valence-electron chi connectivity index (χ4n) is 2.53. The number of rotatable bonds is 3. The number of benzene rings is 1. The summed E-state index contributed by atoms with van der Waals surface area (Å²) >= 11 is 3.46. The standard InChI is InChI=1S/C17H19BrN4/c1-14(15-5-7-16(18)8-6-15)20-22-12-10-21(11-13-22)17-4-2-3-9-19-17/h2-9H,10-13H2,1H3/b20-14+. The first-order valence-corrected chi connectivity index (χ1v) is 8.24. The number of hydrogen-bond acceptors (Lipinski definition) is 4. The van der Waals surface area contributed by atoms with Crippen molar-refractivity contribution in [1.82, 2.24) is 9.99 Å². The third kappa shape index (κ3) is 3.65. The molecule has 1 fully saturated rings. The highest BCUT2D eigenvalue weighted by Crippen LogP contribution is 2.14. The molecule has 1 aromatic heterocycles. The SMILES string of the molecule is C/C(=N\N1CCN(c2ccccn2)CC1)c1ccc(Br)cc1. The second-order valence-electron chi connectivity index (χ2n) is 5.32. The van der Waals surface area contributed by atoms with Crippen LogP contribution in [0.4, 0.5) is 5.82 Å². The van der Waals surface area contributed by atoms with Gasteiger partial charge in [0, 0.05) is 23.8 Å². The molecule has 2 heterocycles. The zero-order valence-corrected chi connectivity index (χ0v) is 14.2. The first-order chi connectivity index (χ1) is 10.7. The predicted molar refractivity (Wildman–Crippen MR) is 94.4 cm³/mol. The summed E-state index contributed by atoms with van der Waals surface area (Å²) < 4.78 is 1.09. The summed E-state index contributed by atoms with van der Waals surface area (Å²) in [5.74, 6) is 1.05. The zero-order valence-electron chi connectivity index (χ0n) is 12.6. The van der Waals surface area contributed by atoms with Crippen LogP contribution in [-0.4, -0.2) is 41.9 Å². The average Bonchev–Trinajstić information content (AvgIpc) is 2.57. The van der Waals surface area contributed by atoms with Gasteiger partial charge >= 0.3 is 0 Å². The molecule has 5 heteroatoms. The zero-order chi connectivity index (χ0) is 15.4.